The van der Waals surface area contributed by atoms with E-state index in [9.17, 15) is 0 Å². The molecule has 0 amide bonds. The van der Waals surface area contributed by atoms with Crippen LogP contribution in [-0.2, 0) is 0 Å². The van der Waals surface area contributed by atoms with Crippen LogP contribution in [0.2, 0.25) is 0 Å². The third-order valence-electron chi connectivity index (χ3n) is 4.37. The van der Waals surface area contributed by atoms with E-state index in [4.69, 9.17) is 0 Å². The van der Waals surface area contributed by atoms with E-state index in [2.05, 4.69) is 60.3 Å². The second-order valence-corrected chi connectivity index (χ2v) is 5.75. The zero-order chi connectivity index (χ0) is 13.8. The van der Waals surface area contributed by atoms with Crippen LogP contribution in [0.25, 0.3) is 0 Å². The van der Waals surface area contributed by atoms with E-state index in [0.717, 1.165) is 19.6 Å². The lowest BCUT2D eigenvalue weighted by atomic mass is 10.0. The van der Waals surface area contributed by atoms with Crippen LogP contribution in [0.1, 0.15) is 18.9 Å². The van der Waals surface area contributed by atoms with Gasteiger partial charge in [-0.2, -0.15) is 0 Å². The topological polar surface area (TPSA) is 18.5 Å². The van der Waals surface area contributed by atoms with Crippen LogP contribution >= 0.6 is 0 Å². The van der Waals surface area contributed by atoms with Crippen LogP contribution < -0.4 is 10.2 Å². The Morgan fingerprint density at radius 1 is 1.26 bits per heavy atom. The van der Waals surface area contributed by atoms with Crippen molar-refractivity contribution < 1.29 is 0 Å². The molecule has 1 aromatic carbocycles. The second-order valence-electron chi connectivity index (χ2n) is 5.75. The maximum atomic E-state index is 3.27. The van der Waals surface area contributed by atoms with E-state index in [1.165, 1.54) is 17.7 Å². The molecule has 0 radical (unpaired) electrons. The Balaban J connectivity index is 2.12. The SMILES string of the molecule is CNCCC1CN(c2ccccc2C)CC(C)N1C. The molecule has 2 unspecified atom stereocenters. The first-order valence-electron chi connectivity index (χ1n) is 7.30. The molecule has 2 rings (SSSR count). The summed E-state index contributed by atoms with van der Waals surface area (Å²) in [7, 11) is 4.30. The molecule has 0 aliphatic carbocycles. The maximum absolute atomic E-state index is 3.27. The van der Waals surface area contributed by atoms with E-state index < -0.39 is 0 Å². The van der Waals surface area contributed by atoms with Crippen LogP contribution in [0.4, 0.5) is 5.69 Å². The van der Waals surface area contributed by atoms with Crippen LogP contribution in [0.3, 0.4) is 0 Å². The summed E-state index contributed by atoms with van der Waals surface area (Å²) in [6, 6.07) is 9.97. The third-order valence-corrected chi connectivity index (χ3v) is 4.37. The number of anilines is 1. The smallest absolute Gasteiger partial charge is 0.0396 e. The summed E-state index contributed by atoms with van der Waals surface area (Å²) < 4.78 is 0. The van der Waals surface area contributed by atoms with E-state index in [1.54, 1.807) is 0 Å². The Morgan fingerprint density at radius 3 is 2.68 bits per heavy atom. The molecule has 0 bridgehead atoms. The highest BCUT2D eigenvalue weighted by Gasteiger charge is 2.29. The summed E-state index contributed by atoms with van der Waals surface area (Å²) in [6.07, 6.45) is 1.21. The van der Waals surface area contributed by atoms with Crippen LogP contribution in [0.15, 0.2) is 24.3 Å². The van der Waals surface area contributed by atoms with Gasteiger partial charge in [-0.25, -0.2) is 0 Å². The quantitative estimate of drug-likeness (QED) is 0.895. The zero-order valence-corrected chi connectivity index (χ0v) is 12.7. The van der Waals surface area contributed by atoms with E-state index >= 15 is 0 Å². The first-order valence-corrected chi connectivity index (χ1v) is 7.30. The summed E-state index contributed by atoms with van der Waals surface area (Å²) in [6.45, 7) is 7.88. The summed E-state index contributed by atoms with van der Waals surface area (Å²) in [5, 5.41) is 3.27. The van der Waals surface area contributed by atoms with Gasteiger partial charge in [0.15, 0.2) is 0 Å². The summed E-state index contributed by atoms with van der Waals surface area (Å²) in [5.74, 6) is 0. The Bertz CT molecular complexity index is 405. The minimum absolute atomic E-state index is 0.607. The third kappa shape index (κ3) is 3.28. The predicted molar refractivity (Wildman–Crippen MR) is 82.9 cm³/mol. The fourth-order valence-corrected chi connectivity index (χ4v) is 2.99. The summed E-state index contributed by atoms with van der Waals surface area (Å²) in [5.41, 5.74) is 2.78. The molecule has 2 atom stereocenters. The van der Waals surface area contributed by atoms with Gasteiger partial charge in [-0.3, -0.25) is 4.90 Å². The molecule has 1 heterocycles. The molecule has 0 saturated carbocycles. The van der Waals surface area contributed by atoms with Crippen LogP contribution in [0.5, 0.6) is 0 Å². The van der Waals surface area contributed by atoms with Crippen molar-refractivity contribution in [2.75, 3.05) is 38.6 Å². The maximum Gasteiger partial charge on any atom is 0.0396 e. The van der Waals surface area contributed by atoms with E-state index in [0.29, 0.717) is 12.1 Å². The molecular formula is C16H27N3. The van der Waals surface area contributed by atoms with Crippen molar-refractivity contribution in [3.63, 3.8) is 0 Å². The average molecular weight is 261 g/mol. The molecule has 3 nitrogen and oxygen atoms in total. The van der Waals surface area contributed by atoms with Crippen molar-refractivity contribution in [2.24, 2.45) is 0 Å². The number of hydrogen-bond acceptors (Lipinski definition) is 3. The molecule has 106 valence electrons. The number of nitrogens with zero attached hydrogens (tertiary/aromatic N) is 2. The molecule has 1 fully saturated rings. The Morgan fingerprint density at radius 2 is 2.00 bits per heavy atom. The fourth-order valence-electron chi connectivity index (χ4n) is 2.99. The molecule has 1 aliphatic rings. The van der Waals surface area contributed by atoms with Crippen molar-refractivity contribution in [3.05, 3.63) is 29.8 Å². The Hall–Kier alpha value is -1.06. The van der Waals surface area contributed by atoms with Crippen molar-refractivity contribution in [1.29, 1.82) is 0 Å². The molecule has 1 aliphatic heterocycles. The zero-order valence-electron chi connectivity index (χ0n) is 12.7. The first kappa shape index (κ1) is 14.4. The van der Waals surface area contributed by atoms with E-state index in [-0.39, 0.29) is 0 Å². The molecule has 1 saturated heterocycles. The van der Waals surface area contributed by atoms with Gasteiger partial charge in [0.1, 0.15) is 0 Å². The van der Waals surface area contributed by atoms with Gasteiger partial charge < -0.3 is 10.2 Å². The molecule has 0 aromatic heterocycles. The van der Waals surface area contributed by atoms with Crippen LogP contribution in [-0.4, -0.2) is 50.7 Å². The van der Waals surface area contributed by atoms with Crippen molar-refractivity contribution in [1.82, 2.24) is 10.2 Å². The standard InChI is InChI=1S/C16H27N3/c1-13-7-5-6-8-16(13)19-11-14(2)18(4)15(12-19)9-10-17-3/h5-8,14-15,17H,9-12H2,1-4H3. The molecule has 19 heavy (non-hydrogen) atoms. The highest BCUT2D eigenvalue weighted by atomic mass is 15.3. The number of piperazine rings is 1. The van der Waals surface area contributed by atoms with Crippen molar-refractivity contribution >= 4 is 5.69 Å². The van der Waals surface area contributed by atoms with Gasteiger partial charge in [0.2, 0.25) is 0 Å². The van der Waals surface area contributed by atoms with Gasteiger partial charge in [-0.05, 0) is 52.5 Å². The fraction of sp³-hybridized carbons (Fsp3) is 0.625. The van der Waals surface area contributed by atoms with Gasteiger partial charge in [-0.15, -0.1) is 0 Å². The summed E-state index contributed by atoms with van der Waals surface area (Å²) >= 11 is 0. The first-order chi connectivity index (χ1) is 9.13. The number of benzene rings is 1. The normalized spacial score (nSPS) is 24.7. The van der Waals surface area contributed by atoms with Gasteiger partial charge in [0, 0.05) is 30.9 Å². The lowest BCUT2D eigenvalue weighted by Gasteiger charge is -2.45. The molecule has 0 spiro atoms. The summed E-state index contributed by atoms with van der Waals surface area (Å²) in [4.78, 5) is 5.09. The number of nitrogens with one attached hydrogen (secondary N) is 1. The van der Waals surface area contributed by atoms with Crippen LogP contribution in [0, 0.1) is 6.92 Å². The second kappa shape index (κ2) is 6.40. The molecular weight excluding hydrogens is 234 g/mol. The average Bonchev–Trinajstić information content (AvgIpc) is 2.41. The lowest BCUT2D eigenvalue weighted by molar-refractivity contribution is 0.150. The van der Waals surface area contributed by atoms with Crippen molar-refractivity contribution in [2.45, 2.75) is 32.4 Å². The van der Waals surface area contributed by atoms with Gasteiger partial charge in [-0.1, -0.05) is 18.2 Å². The van der Waals surface area contributed by atoms with Gasteiger partial charge in [0.25, 0.3) is 0 Å². The minimum atomic E-state index is 0.607. The monoisotopic (exact) mass is 261 g/mol. The molecule has 1 N–H and O–H groups in total. The molecule has 1 aromatic rings. The van der Waals surface area contributed by atoms with Gasteiger partial charge >= 0.3 is 0 Å². The molecule has 3 heteroatoms. The highest BCUT2D eigenvalue weighted by molar-refractivity contribution is 5.53. The van der Waals surface area contributed by atoms with Gasteiger partial charge in [0.05, 0.1) is 0 Å². The Labute approximate surface area is 117 Å². The number of likely N-dealkylation sites (N-methyl/N-ethyl adjacent to an activating group) is 1. The minimum Gasteiger partial charge on any atom is -0.368 e. The number of rotatable bonds is 4. The lowest BCUT2D eigenvalue weighted by Crippen LogP contribution is -2.56. The largest absolute Gasteiger partial charge is 0.368 e. The van der Waals surface area contributed by atoms with Crippen molar-refractivity contribution in [3.8, 4) is 0 Å². The number of hydrogen-bond donors (Lipinski definition) is 1. The Kier molecular flexibility index (Phi) is 4.83. The number of para-hydroxylation sites is 1. The van der Waals surface area contributed by atoms with E-state index in [1.807, 2.05) is 7.05 Å². The predicted octanol–water partition coefficient (Wildman–Crippen LogP) is 2.11. The number of aryl methyl sites for hydroxylation is 1. The highest BCUT2D eigenvalue weighted by Crippen LogP contribution is 2.25.